The second-order valence-corrected chi connectivity index (χ2v) is 6.05. The van der Waals surface area contributed by atoms with Crippen molar-refractivity contribution in [3.63, 3.8) is 0 Å². The molecule has 150 valence electrons. The standard InChI is InChI=1S/C22H23N3O4/c1-3-28-21(26)19-17(23-15-11-7-5-8-12-15)18(20(25-19)22(27)29-4-2)24-16-13-9-6-10-14-16/h5-14,23-25H,3-4H2,1-2H3. The molecule has 3 aromatic rings. The predicted molar refractivity (Wildman–Crippen MR) is 112 cm³/mol. The first kappa shape index (κ1) is 20.0. The first-order valence-corrected chi connectivity index (χ1v) is 9.38. The highest BCUT2D eigenvalue weighted by molar-refractivity contribution is 6.07. The van der Waals surface area contributed by atoms with E-state index < -0.39 is 11.9 Å². The fourth-order valence-corrected chi connectivity index (χ4v) is 2.79. The lowest BCUT2D eigenvalue weighted by Crippen LogP contribution is -2.09. The number of rotatable bonds is 8. The molecule has 3 rings (SSSR count). The Balaban J connectivity index is 2.13. The number of aromatic nitrogens is 1. The SMILES string of the molecule is CCOC(=O)c1[nH]c(C(=O)OCC)c(Nc2ccccc2)c1Nc1ccccc1. The van der Waals surface area contributed by atoms with Crippen LogP contribution in [-0.2, 0) is 9.47 Å². The van der Waals surface area contributed by atoms with Crippen LogP contribution in [0.5, 0.6) is 0 Å². The van der Waals surface area contributed by atoms with Crippen LogP contribution < -0.4 is 10.6 Å². The van der Waals surface area contributed by atoms with Gasteiger partial charge in [0.05, 0.1) is 24.6 Å². The molecule has 0 amide bonds. The lowest BCUT2D eigenvalue weighted by Gasteiger charge is -2.13. The van der Waals surface area contributed by atoms with Gasteiger partial charge >= 0.3 is 11.9 Å². The minimum Gasteiger partial charge on any atom is -0.461 e. The lowest BCUT2D eigenvalue weighted by molar-refractivity contribution is 0.0517. The van der Waals surface area contributed by atoms with Gasteiger partial charge < -0.3 is 25.1 Å². The summed E-state index contributed by atoms with van der Waals surface area (Å²) in [5.41, 5.74) is 2.59. The Morgan fingerprint density at radius 3 is 1.45 bits per heavy atom. The first-order chi connectivity index (χ1) is 14.1. The molecule has 0 atom stereocenters. The van der Waals surface area contributed by atoms with E-state index in [1.165, 1.54) is 0 Å². The van der Waals surface area contributed by atoms with Gasteiger partial charge in [0.15, 0.2) is 11.4 Å². The maximum absolute atomic E-state index is 12.6. The number of carbonyl (C=O) groups is 2. The van der Waals surface area contributed by atoms with E-state index in [0.717, 1.165) is 11.4 Å². The summed E-state index contributed by atoms with van der Waals surface area (Å²) >= 11 is 0. The third kappa shape index (κ3) is 4.76. The summed E-state index contributed by atoms with van der Waals surface area (Å²) in [4.78, 5) is 28.0. The molecular formula is C22H23N3O4. The van der Waals surface area contributed by atoms with Gasteiger partial charge in [-0.15, -0.1) is 0 Å². The van der Waals surface area contributed by atoms with Gasteiger partial charge in [-0.3, -0.25) is 0 Å². The van der Waals surface area contributed by atoms with Gasteiger partial charge in [-0.2, -0.15) is 0 Å². The number of hydrogen-bond donors (Lipinski definition) is 3. The van der Waals surface area contributed by atoms with Gasteiger partial charge in [0.2, 0.25) is 0 Å². The number of nitrogens with one attached hydrogen (secondary N) is 3. The number of benzene rings is 2. The van der Waals surface area contributed by atoms with Crippen LogP contribution in [0.4, 0.5) is 22.7 Å². The summed E-state index contributed by atoms with van der Waals surface area (Å²) in [6.45, 7) is 3.86. The van der Waals surface area contributed by atoms with Crippen molar-refractivity contribution >= 4 is 34.7 Å². The van der Waals surface area contributed by atoms with Gasteiger partial charge in [-0.05, 0) is 38.1 Å². The van der Waals surface area contributed by atoms with Crippen LogP contribution in [0.1, 0.15) is 34.8 Å². The zero-order chi connectivity index (χ0) is 20.6. The van der Waals surface area contributed by atoms with Gasteiger partial charge in [-0.1, -0.05) is 36.4 Å². The maximum atomic E-state index is 12.6. The predicted octanol–water partition coefficient (Wildman–Crippen LogP) is 4.86. The molecule has 0 aliphatic rings. The van der Waals surface area contributed by atoms with E-state index in [0.29, 0.717) is 11.4 Å². The number of anilines is 4. The summed E-state index contributed by atoms with van der Waals surface area (Å²) in [5.74, 6) is -1.14. The van der Waals surface area contributed by atoms with Crippen molar-refractivity contribution in [2.45, 2.75) is 13.8 Å². The Labute approximate surface area is 169 Å². The van der Waals surface area contributed by atoms with Crippen molar-refractivity contribution in [1.82, 2.24) is 4.98 Å². The van der Waals surface area contributed by atoms with Crippen molar-refractivity contribution in [3.05, 3.63) is 72.1 Å². The summed E-state index contributed by atoms with van der Waals surface area (Å²) in [7, 11) is 0. The van der Waals surface area contributed by atoms with Gasteiger partial charge in [-0.25, -0.2) is 9.59 Å². The number of ether oxygens (including phenoxy) is 2. The Hall–Kier alpha value is -3.74. The molecular weight excluding hydrogens is 370 g/mol. The molecule has 0 unspecified atom stereocenters. The van der Waals surface area contributed by atoms with Gasteiger partial charge in [0, 0.05) is 11.4 Å². The summed E-state index contributed by atoms with van der Waals surface area (Å²) in [6.07, 6.45) is 0. The number of H-pyrrole nitrogens is 1. The van der Waals surface area contributed by atoms with Crippen LogP contribution in [0.3, 0.4) is 0 Å². The summed E-state index contributed by atoms with van der Waals surface area (Å²) < 4.78 is 10.3. The number of aromatic amines is 1. The van der Waals surface area contributed by atoms with Gasteiger partial charge in [0.25, 0.3) is 0 Å². The topological polar surface area (TPSA) is 92.5 Å². The summed E-state index contributed by atoms with van der Waals surface area (Å²) in [5, 5.41) is 6.43. The minimum atomic E-state index is -0.572. The fourth-order valence-electron chi connectivity index (χ4n) is 2.79. The zero-order valence-electron chi connectivity index (χ0n) is 16.3. The van der Waals surface area contributed by atoms with E-state index in [4.69, 9.17) is 9.47 Å². The van der Waals surface area contributed by atoms with E-state index in [1.54, 1.807) is 13.8 Å². The average Bonchev–Trinajstić information content (AvgIpc) is 3.08. The largest absolute Gasteiger partial charge is 0.461 e. The molecule has 0 fully saturated rings. The normalized spacial score (nSPS) is 10.3. The lowest BCUT2D eigenvalue weighted by atomic mass is 10.2. The molecule has 7 heteroatoms. The first-order valence-electron chi connectivity index (χ1n) is 9.38. The monoisotopic (exact) mass is 393 g/mol. The third-order valence-corrected chi connectivity index (χ3v) is 4.05. The number of para-hydroxylation sites is 2. The Morgan fingerprint density at radius 1 is 0.724 bits per heavy atom. The molecule has 29 heavy (non-hydrogen) atoms. The second kappa shape index (κ2) is 9.45. The van der Waals surface area contributed by atoms with Crippen molar-refractivity contribution < 1.29 is 19.1 Å². The highest BCUT2D eigenvalue weighted by Gasteiger charge is 2.28. The molecule has 0 bridgehead atoms. The third-order valence-electron chi connectivity index (χ3n) is 4.05. The van der Waals surface area contributed by atoms with E-state index in [1.807, 2.05) is 60.7 Å². The summed E-state index contributed by atoms with van der Waals surface area (Å²) in [6, 6.07) is 18.7. The number of hydrogen-bond acceptors (Lipinski definition) is 6. The van der Waals surface area contributed by atoms with Crippen molar-refractivity contribution in [2.75, 3.05) is 23.8 Å². The van der Waals surface area contributed by atoms with E-state index in [2.05, 4.69) is 15.6 Å². The molecule has 0 saturated heterocycles. The van der Waals surface area contributed by atoms with Crippen LogP contribution in [0.15, 0.2) is 60.7 Å². The molecule has 0 saturated carbocycles. The molecule has 0 spiro atoms. The molecule has 7 nitrogen and oxygen atoms in total. The number of esters is 2. The van der Waals surface area contributed by atoms with E-state index in [-0.39, 0.29) is 24.6 Å². The van der Waals surface area contributed by atoms with E-state index in [9.17, 15) is 9.59 Å². The average molecular weight is 393 g/mol. The van der Waals surface area contributed by atoms with Crippen LogP contribution in [0.2, 0.25) is 0 Å². The van der Waals surface area contributed by atoms with Crippen LogP contribution in [0, 0.1) is 0 Å². The zero-order valence-corrected chi connectivity index (χ0v) is 16.3. The maximum Gasteiger partial charge on any atom is 0.357 e. The van der Waals surface area contributed by atoms with Crippen molar-refractivity contribution in [3.8, 4) is 0 Å². The van der Waals surface area contributed by atoms with Crippen molar-refractivity contribution in [2.24, 2.45) is 0 Å². The highest BCUT2D eigenvalue weighted by Crippen LogP contribution is 2.36. The second-order valence-electron chi connectivity index (χ2n) is 6.05. The van der Waals surface area contributed by atoms with Crippen LogP contribution in [0.25, 0.3) is 0 Å². The fraction of sp³-hybridized carbons (Fsp3) is 0.182. The molecule has 0 radical (unpaired) electrons. The van der Waals surface area contributed by atoms with Crippen LogP contribution >= 0.6 is 0 Å². The molecule has 2 aromatic carbocycles. The van der Waals surface area contributed by atoms with E-state index >= 15 is 0 Å². The smallest absolute Gasteiger partial charge is 0.357 e. The van der Waals surface area contributed by atoms with Gasteiger partial charge in [0.1, 0.15) is 0 Å². The molecule has 1 heterocycles. The highest BCUT2D eigenvalue weighted by atomic mass is 16.5. The molecule has 3 N–H and O–H groups in total. The van der Waals surface area contributed by atoms with Crippen molar-refractivity contribution in [1.29, 1.82) is 0 Å². The Kier molecular flexibility index (Phi) is 6.52. The number of carbonyl (C=O) groups excluding carboxylic acids is 2. The Bertz CT molecular complexity index is 890. The quantitative estimate of drug-likeness (QED) is 0.474. The molecule has 0 aliphatic carbocycles. The molecule has 1 aromatic heterocycles. The molecule has 0 aliphatic heterocycles. The Morgan fingerprint density at radius 2 is 1.10 bits per heavy atom. The minimum absolute atomic E-state index is 0.136. The van der Waals surface area contributed by atoms with Crippen LogP contribution in [-0.4, -0.2) is 30.1 Å².